The monoisotopic (exact) mass is 351 g/mol. The molecule has 6 heteroatoms. The van der Waals surface area contributed by atoms with Gasteiger partial charge in [0.2, 0.25) is 0 Å². The van der Waals surface area contributed by atoms with E-state index in [1.54, 1.807) is 0 Å². The van der Waals surface area contributed by atoms with Crippen molar-refractivity contribution < 1.29 is 22.6 Å². The molecular weight excluding hydrogens is 314 g/mol. The zero-order chi connectivity index (χ0) is 17.9. The quantitative estimate of drug-likeness (QED) is 0.296. The SMILES string of the molecule is CCCCCCCCCCC(C)[N+](C)(C)CC(O)CS(=O)(=O)[O-]. The van der Waals surface area contributed by atoms with Gasteiger partial charge in [-0.2, -0.15) is 0 Å². The van der Waals surface area contributed by atoms with Gasteiger partial charge in [0, 0.05) is 0 Å². The fourth-order valence-electron chi connectivity index (χ4n) is 2.93. The number of hydrogen-bond donors (Lipinski definition) is 1. The molecule has 140 valence electrons. The molecule has 0 saturated heterocycles. The lowest BCUT2D eigenvalue weighted by molar-refractivity contribution is -0.916. The number of quaternary nitrogens is 1. The van der Waals surface area contributed by atoms with Crippen LogP contribution in [0, 0.1) is 0 Å². The molecule has 0 bridgehead atoms. The van der Waals surface area contributed by atoms with Crippen LogP contribution < -0.4 is 0 Å². The van der Waals surface area contributed by atoms with Crippen LogP contribution in [-0.2, 0) is 10.1 Å². The zero-order valence-electron chi connectivity index (χ0n) is 15.5. The summed E-state index contributed by atoms with van der Waals surface area (Å²) >= 11 is 0. The maximum atomic E-state index is 10.7. The summed E-state index contributed by atoms with van der Waals surface area (Å²) in [4.78, 5) is 0. The highest BCUT2D eigenvalue weighted by molar-refractivity contribution is 7.85. The van der Waals surface area contributed by atoms with Gasteiger partial charge in [-0.3, -0.25) is 0 Å². The Balaban J connectivity index is 3.92. The minimum absolute atomic E-state index is 0.291. The highest BCUT2D eigenvalue weighted by Crippen LogP contribution is 2.17. The van der Waals surface area contributed by atoms with Crippen molar-refractivity contribution in [3.05, 3.63) is 0 Å². The van der Waals surface area contributed by atoms with Crippen molar-refractivity contribution in [2.45, 2.75) is 83.8 Å². The van der Waals surface area contributed by atoms with Gasteiger partial charge in [0.15, 0.2) is 0 Å². The minimum Gasteiger partial charge on any atom is -0.748 e. The van der Waals surface area contributed by atoms with Crippen molar-refractivity contribution in [1.29, 1.82) is 0 Å². The highest BCUT2D eigenvalue weighted by atomic mass is 32.2. The second kappa shape index (κ2) is 11.4. The minimum atomic E-state index is -4.37. The molecule has 0 aliphatic rings. The first-order valence-electron chi connectivity index (χ1n) is 9.02. The smallest absolute Gasteiger partial charge is 0.116 e. The van der Waals surface area contributed by atoms with Crippen LogP contribution >= 0.6 is 0 Å². The predicted octanol–water partition coefficient (Wildman–Crippen LogP) is 2.89. The fourth-order valence-corrected chi connectivity index (χ4v) is 3.51. The molecule has 0 fully saturated rings. The average molecular weight is 352 g/mol. The van der Waals surface area contributed by atoms with E-state index in [0.717, 1.165) is 12.8 Å². The standard InChI is InChI=1S/C17H37NO4S/c1-5-6-7-8-9-10-11-12-13-16(2)18(3,4)14-17(19)15-23(20,21)22/h16-17,19H,5-15H2,1-4H3. The molecule has 0 aromatic carbocycles. The van der Waals surface area contributed by atoms with E-state index in [-0.39, 0.29) is 0 Å². The summed E-state index contributed by atoms with van der Waals surface area (Å²) in [6, 6.07) is 0.332. The van der Waals surface area contributed by atoms with Gasteiger partial charge in [-0.1, -0.05) is 51.9 Å². The van der Waals surface area contributed by atoms with Gasteiger partial charge >= 0.3 is 0 Å². The van der Waals surface area contributed by atoms with E-state index in [9.17, 15) is 18.1 Å². The summed E-state index contributed by atoms with van der Waals surface area (Å²) in [5, 5.41) is 9.79. The molecule has 23 heavy (non-hydrogen) atoms. The summed E-state index contributed by atoms with van der Waals surface area (Å²) < 4.78 is 32.7. The molecule has 0 spiro atoms. The van der Waals surface area contributed by atoms with Crippen molar-refractivity contribution in [2.24, 2.45) is 0 Å². The maximum Gasteiger partial charge on any atom is 0.116 e. The van der Waals surface area contributed by atoms with Crippen LogP contribution in [0.5, 0.6) is 0 Å². The lowest BCUT2D eigenvalue weighted by atomic mass is 10.0. The Labute approximate surface area is 143 Å². The van der Waals surface area contributed by atoms with Crippen LogP contribution in [0.2, 0.25) is 0 Å². The van der Waals surface area contributed by atoms with Crippen LogP contribution in [0.1, 0.15) is 71.6 Å². The second-order valence-corrected chi connectivity index (χ2v) is 8.90. The van der Waals surface area contributed by atoms with Crippen molar-refractivity contribution in [1.82, 2.24) is 0 Å². The molecule has 0 aliphatic heterocycles. The second-order valence-electron chi connectivity index (χ2n) is 7.45. The normalized spacial score (nSPS) is 15.6. The number of rotatable bonds is 14. The van der Waals surface area contributed by atoms with E-state index < -0.39 is 22.0 Å². The van der Waals surface area contributed by atoms with Crippen LogP contribution in [-0.4, -0.2) is 61.1 Å². The lowest BCUT2D eigenvalue weighted by Crippen LogP contribution is -2.52. The summed E-state index contributed by atoms with van der Waals surface area (Å²) in [6.07, 6.45) is 10.2. The molecule has 0 heterocycles. The molecule has 0 saturated carbocycles. The molecule has 0 radical (unpaired) electrons. The van der Waals surface area contributed by atoms with Crippen LogP contribution in [0.3, 0.4) is 0 Å². The summed E-state index contributed by atoms with van der Waals surface area (Å²) in [7, 11) is -0.401. The first-order valence-corrected chi connectivity index (χ1v) is 10.6. The van der Waals surface area contributed by atoms with Gasteiger partial charge in [0.05, 0.1) is 36.0 Å². The van der Waals surface area contributed by atoms with E-state index in [2.05, 4.69) is 13.8 Å². The molecule has 0 rings (SSSR count). The topological polar surface area (TPSA) is 77.4 Å². The molecule has 0 aliphatic carbocycles. The summed E-state index contributed by atoms with van der Waals surface area (Å²) in [5.74, 6) is -0.695. The molecule has 0 aromatic rings. The Kier molecular flexibility index (Phi) is 11.3. The Morgan fingerprint density at radius 1 is 1.00 bits per heavy atom. The van der Waals surface area contributed by atoms with E-state index >= 15 is 0 Å². The van der Waals surface area contributed by atoms with Crippen molar-refractivity contribution in [2.75, 3.05) is 26.4 Å². The Morgan fingerprint density at radius 3 is 1.96 bits per heavy atom. The number of nitrogens with zero attached hydrogens (tertiary/aromatic N) is 1. The fraction of sp³-hybridized carbons (Fsp3) is 1.00. The van der Waals surface area contributed by atoms with Gasteiger partial charge in [-0.25, -0.2) is 8.42 Å². The first-order chi connectivity index (χ1) is 10.6. The van der Waals surface area contributed by atoms with Gasteiger partial charge in [-0.05, 0) is 19.8 Å². The van der Waals surface area contributed by atoms with Crippen molar-refractivity contribution in [3.8, 4) is 0 Å². The molecule has 0 aromatic heterocycles. The Morgan fingerprint density at radius 2 is 1.48 bits per heavy atom. The third kappa shape index (κ3) is 12.9. The Bertz CT molecular complexity index is 395. The molecule has 1 N–H and O–H groups in total. The number of aliphatic hydroxyl groups is 1. The third-order valence-electron chi connectivity index (χ3n) is 4.75. The van der Waals surface area contributed by atoms with E-state index in [4.69, 9.17) is 0 Å². The van der Waals surface area contributed by atoms with E-state index in [1.165, 1.54) is 44.9 Å². The van der Waals surface area contributed by atoms with Crippen molar-refractivity contribution in [3.63, 3.8) is 0 Å². The van der Waals surface area contributed by atoms with Gasteiger partial charge in [0.1, 0.15) is 12.6 Å². The third-order valence-corrected chi connectivity index (χ3v) is 5.54. The molecule has 0 amide bonds. The number of aliphatic hydroxyl groups excluding tert-OH is 1. The van der Waals surface area contributed by atoms with E-state index in [0.29, 0.717) is 17.1 Å². The average Bonchev–Trinajstić information content (AvgIpc) is 2.38. The van der Waals surface area contributed by atoms with Gasteiger partial charge in [-0.15, -0.1) is 0 Å². The largest absolute Gasteiger partial charge is 0.748 e. The van der Waals surface area contributed by atoms with Crippen LogP contribution in [0.25, 0.3) is 0 Å². The van der Waals surface area contributed by atoms with Crippen LogP contribution in [0.15, 0.2) is 0 Å². The zero-order valence-corrected chi connectivity index (χ0v) is 16.3. The number of hydrogen-bond acceptors (Lipinski definition) is 4. The molecule has 5 nitrogen and oxygen atoms in total. The van der Waals surface area contributed by atoms with Crippen LogP contribution in [0.4, 0.5) is 0 Å². The van der Waals surface area contributed by atoms with E-state index in [1.807, 2.05) is 14.1 Å². The van der Waals surface area contributed by atoms with Crippen molar-refractivity contribution >= 4 is 10.1 Å². The highest BCUT2D eigenvalue weighted by Gasteiger charge is 2.27. The Hall–Kier alpha value is -0.170. The molecule has 2 atom stereocenters. The van der Waals surface area contributed by atoms with Gasteiger partial charge < -0.3 is 14.1 Å². The first kappa shape index (κ1) is 22.8. The molecular formula is C17H37NO4S. The lowest BCUT2D eigenvalue weighted by Gasteiger charge is -2.38. The van der Waals surface area contributed by atoms with Gasteiger partial charge in [0.25, 0.3) is 0 Å². The number of likely N-dealkylation sites (N-methyl/N-ethyl adjacent to an activating group) is 1. The molecule has 2 unspecified atom stereocenters. The maximum absolute atomic E-state index is 10.7. The summed E-state index contributed by atoms with van der Waals surface area (Å²) in [5.41, 5.74) is 0. The number of unbranched alkanes of at least 4 members (excludes halogenated alkanes) is 7. The summed E-state index contributed by atoms with van der Waals surface area (Å²) in [6.45, 7) is 4.64. The predicted molar refractivity (Wildman–Crippen MR) is 94.2 cm³/mol.